The Morgan fingerprint density at radius 2 is 1.96 bits per heavy atom. The van der Waals surface area contributed by atoms with E-state index < -0.39 is 0 Å². The molecule has 132 valence electrons. The predicted molar refractivity (Wildman–Crippen MR) is 99.7 cm³/mol. The molecule has 1 aromatic heterocycles. The molecule has 0 spiro atoms. The van der Waals surface area contributed by atoms with E-state index in [1.807, 2.05) is 7.05 Å². The number of benzene rings is 1. The molecule has 1 amide bonds. The van der Waals surface area contributed by atoms with Crippen LogP contribution in [-0.4, -0.2) is 30.9 Å². The summed E-state index contributed by atoms with van der Waals surface area (Å²) < 4.78 is 5.69. The van der Waals surface area contributed by atoms with E-state index in [1.54, 1.807) is 11.2 Å². The van der Waals surface area contributed by atoms with E-state index in [0.29, 0.717) is 19.5 Å². The third kappa shape index (κ3) is 3.76. The molecule has 0 radical (unpaired) electrons. The molecule has 1 aromatic carbocycles. The largest absolute Gasteiger partial charge is 0.464 e. The van der Waals surface area contributed by atoms with Crippen molar-refractivity contribution in [3.8, 4) is 0 Å². The zero-order valence-corrected chi connectivity index (χ0v) is 15.5. The fourth-order valence-corrected chi connectivity index (χ4v) is 3.38. The molecular weight excluding hydrogens is 324 g/mol. The van der Waals surface area contributed by atoms with Crippen molar-refractivity contribution >= 4 is 29.3 Å². The van der Waals surface area contributed by atoms with Gasteiger partial charge in [-0.25, -0.2) is 0 Å². The van der Waals surface area contributed by atoms with Gasteiger partial charge in [0.05, 0.1) is 12.7 Å². The Hall–Kier alpha value is -1.52. The van der Waals surface area contributed by atoms with Gasteiger partial charge in [0.25, 0.3) is 0 Å². The quantitative estimate of drug-likeness (QED) is 0.899. The molecular formula is C19H27ClN2O2. The highest BCUT2D eigenvalue weighted by Gasteiger charge is 2.22. The fourth-order valence-electron chi connectivity index (χ4n) is 3.38. The molecule has 0 unspecified atom stereocenters. The minimum Gasteiger partial charge on any atom is -0.464 e. The van der Waals surface area contributed by atoms with Crippen molar-refractivity contribution in [1.82, 2.24) is 4.90 Å². The van der Waals surface area contributed by atoms with Crippen molar-refractivity contribution < 1.29 is 9.21 Å². The molecule has 24 heavy (non-hydrogen) atoms. The van der Waals surface area contributed by atoms with Crippen LogP contribution in [0.2, 0.25) is 0 Å². The molecule has 4 nitrogen and oxygen atoms in total. The van der Waals surface area contributed by atoms with Gasteiger partial charge in [-0.05, 0) is 54.5 Å². The predicted octanol–water partition coefficient (Wildman–Crippen LogP) is 3.33. The highest BCUT2D eigenvalue weighted by atomic mass is 35.5. The number of fused-ring (bicyclic) bond motifs is 2. The van der Waals surface area contributed by atoms with Crippen LogP contribution in [0.25, 0.3) is 11.0 Å². The summed E-state index contributed by atoms with van der Waals surface area (Å²) in [4.78, 5) is 14.3. The van der Waals surface area contributed by atoms with E-state index in [9.17, 15) is 4.79 Å². The molecule has 3 rings (SSSR count). The third-order valence-electron chi connectivity index (χ3n) is 4.85. The molecule has 1 heterocycles. The molecule has 0 fully saturated rings. The number of nitrogens with two attached hydrogens (primary N) is 1. The molecule has 0 atom stereocenters. The first-order valence-electron chi connectivity index (χ1n) is 8.35. The van der Waals surface area contributed by atoms with Crippen molar-refractivity contribution in [2.75, 3.05) is 20.1 Å². The Labute approximate surface area is 149 Å². The minimum atomic E-state index is -0.0658. The maximum Gasteiger partial charge on any atom is 0.226 e. The first kappa shape index (κ1) is 18.8. The molecule has 1 aliphatic rings. The Morgan fingerprint density at radius 1 is 1.29 bits per heavy atom. The first-order valence-corrected chi connectivity index (χ1v) is 8.35. The number of hydrogen-bond acceptors (Lipinski definition) is 3. The first-order chi connectivity index (χ1) is 10.9. The van der Waals surface area contributed by atoms with Crippen LogP contribution < -0.4 is 5.73 Å². The van der Waals surface area contributed by atoms with Gasteiger partial charge in [0.15, 0.2) is 0 Å². The molecule has 2 aromatic rings. The normalized spacial score (nSPS) is 13.7. The average Bonchev–Trinajstić information content (AvgIpc) is 3.11. The molecule has 5 heteroatoms. The van der Waals surface area contributed by atoms with Crippen molar-refractivity contribution in [2.24, 2.45) is 11.1 Å². The summed E-state index contributed by atoms with van der Waals surface area (Å²) in [5.74, 6) is 0.106. The van der Waals surface area contributed by atoms with Gasteiger partial charge in [-0.3, -0.25) is 4.79 Å². The lowest BCUT2D eigenvalue weighted by atomic mass is 9.93. The summed E-state index contributed by atoms with van der Waals surface area (Å²) >= 11 is 0. The zero-order chi connectivity index (χ0) is 16.6. The van der Waals surface area contributed by atoms with E-state index in [4.69, 9.17) is 10.2 Å². The minimum absolute atomic E-state index is 0. The van der Waals surface area contributed by atoms with Crippen molar-refractivity contribution in [3.63, 3.8) is 0 Å². The maximum absolute atomic E-state index is 12.5. The summed E-state index contributed by atoms with van der Waals surface area (Å²) in [7, 11) is 1.85. The molecule has 2 N–H and O–H groups in total. The van der Waals surface area contributed by atoms with Gasteiger partial charge in [0.1, 0.15) is 5.58 Å². The number of furan rings is 1. The van der Waals surface area contributed by atoms with E-state index in [1.165, 1.54) is 17.5 Å². The Balaban J connectivity index is 0.00000208. The van der Waals surface area contributed by atoms with Crippen LogP contribution in [0.4, 0.5) is 0 Å². The van der Waals surface area contributed by atoms with Crippen LogP contribution in [0, 0.1) is 5.41 Å². The number of carbonyl (C=O) groups is 1. The lowest BCUT2D eigenvalue weighted by Crippen LogP contribution is -2.40. The van der Waals surface area contributed by atoms with Gasteiger partial charge < -0.3 is 15.1 Å². The summed E-state index contributed by atoms with van der Waals surface area (Å²) in [6, 6.07) is 4.36. The number of nitrogens with zero attached hydrogens (tertiary/aromatic N) is 1. The number of likely N-dealkylation sites (N-methyl/N-ethyl adjacent to an activating group) is 1. The Morgan fingerprint density at radius 3 is 2.62 bits per heavy atom. The van der Waals surface area contributed by atoms with Gasteiger partial charge >= 0.3 is 0 Å². The number of aryl methyl sites for hydroxylation is 2. The summed E-state index contributed by atoms with van der Waals surface area (Å²) in [5, 5.41) is 1.09. The van der Waals surface area contributed by atoms with Crippen LogP contribution >= 0.6 is 12.4 Å². The molecule has 1 aliphatic carbocycles. The number of hydrogen-bond donors (Lipinski definition) is 1. The van der Waals surface area contributed by atoms with E-state index in [0.717, 1.165) is 29.4 Å². The van der Waals surface area contributed by atoms with Gasteiger partial charge in [-0.2, -0.15) is 0 Å². The number of rotatable bonds is 5. The van der Waals surface area contributed by atoms with Crippen LogP contribution in [0.3, 0.4) is 0 Å². The van der Waals surface area contributed by atoms with Gasteiger partial charge in [0, 0.05) is 24.5 Å². The van der Waals surface area contributed by atoms with Crippen molar-refractivity contribution in [3.05, 3.63) is 35.1 Å². The van der Waals surface area contributed by atoms with Crippen molar-refractivity contribution in [2.45, 2.75) is 39.5 Å². The summed E-state index contributed by atoms with van der Waals surface area (Å²) in [6.45, 7) is 5.37. The number of amides is 1. The van der Waals surface area contributed by atoms with E-state index >= 15 is 0 Å². The lowest BCUT2D eigenvalue weighted by molar-refractivity contribution is -0.130. The highest BCUT2D eigenvalue weighted by molar-refractivity contribution is 5.88. The smallest absolute Gasteiger partial charge is 0.226 e. The van der Waals surface area contributed by atoms with Gasteiger partial charge in [-0.15, -0.1) is 12.4 Å². The van der Waals surface area contributed by atoms with Gasteiger partial charge in [0.2, 0.25) is 5.91 Å². The van der Waals surface area contributed by atoms with Crippen LogP contribution in [-0.2, 0) is 24.1 Å². The van der Waals surface area contributed by atoms with Crippen molar-refractivity contribution in [1.29, 1.82) is 0 Å². The lowest BCUT2D eigenvalue weighted by Gasteiger charge is -2.29. The van der Waals surface area contributed by atoms with E-state index in [2.05, 4.69) is 26.0 Å². The monoisotopic (exact) mass is 350 g/mol. The summed E-state index contributed by atoms with van der Waals surface area (Å²) in [6.07, 6.45) is 5.60. The number of carbonyl (C=O) groups excluding carboxylic acids is 1. The maximum atomic E-state index is 12.5. The second-order valence-electron chi connectivity index (χ2n) is 7.53. The third-order valence-corrected chi connectivity index (χ3v) is 4.85. The second kappa shape index (κ2) is 7.16. The molecule has 0 saturated carbocycles. The van der Waals surface area contributed by atoms with Crippen LogP contribution in [0.1, 0.15) is 37.0 Å². The van der Waals surface area contributed by atoms with E-state index in [-0.39, 0.29) is 23.7 Å². The fraction of sp³-hybridized carbons (Fsp3) is 0.526. The Kier molecular flexibility index (Phi) is 5.61. The average molecular weight is 351 g/mol. The zero-order valence-electron chi connectivity index (χ0n) is 14.7. The van der Waals surface area contributed by atoms with Crippen LogP contribution in [0.15, 0.2) is 22.8 Å². The SMILES string of the molecule is CN(CC(C)(C)CN)C(=O)Cc1coc2cc3c(cc12)CCC3.Cl. The highest BCUT2D eigenvalue weighted by Crippen LogP contribution is 2.30. The second-order valence-corrected chi connectivity index (χ2v) is 7.53. The topological polar surface area (TPSA) is 59.5 Å². The van der Waals surface area contributed by atoms with Gasteiger partial charge in [-0.1, -0.05) is 13.8 Å². The molecule has 0 bridgehead atoms. The standard InChI is InChI=1S/C19H26N2O2.ClH/c1-19(2,11-20)12-21(3)18(22)9-15-10-23-17-8-14-6-4-5-13(14)7-16(15)17;/h7-8,10H,4-6,9,11-12,20H2,1-3H3;1H. The molecule has 0 saturated heterocycles. The Bertz CT molecular complexity index is 736. The van der Waals surface area contributed by atoms with Crippen LogP contribution in [0.5, 0.6) is 0 Å². The molecule has 0 aliphatic heterocycles. The number of halogens is 1. The summed E-state index contributed by atoms with van der Waals surface area (Å²) in [5.41, 5.74) is 10.4.